The molecule has 0 aliphatic rings. The maximum absolute atomic E-state index is 13.0. The van der Waals surface area contributed by atoms with Crippen molar-refractivity contribution in [2.75, 3.05) is 19.4 Å². The molecule has 9 nitrogen and oxygen atoms in total. The molecule has 0 aromatic carbocycles. The summed E-state index contributed by atoms with van der Waals surface area (Å²) in [6.07, 6.45) is 3.84. The Bertz CT molecular complexity index is 965. The molecule has 0 radical (unpaired) electrons. The lowest BCUT2D eigenvalue weighted by molar-refractivity contribution is 0.219. The van der Waals surface area contributed by atoms with E-state index >= 15 is 0 Å². The van der Waals surface area contributed by atoms with Gasteiger partial charge in [0, 0.05) is 20.1 Å². The second kappa shape index (κ2) is 10.4. The maximum Gasteiger partial charge on any atom is 0.332 e. The largest absolute Gasteiger partial charge is 0.332 e. The molecule has 0 fully saturated rings. The van der Waals surface area contributed by atoms with Gasteiger partial charge in [-0.2, -0.15) is 0 Å². The Hall–Kier alpha value is -1.70. The number of fused-ring (bicyclic) bond motifs is 1. The van der Waals surface area contributed by atoms with Crippen molar-refractivity contribution in [3.8, 4) is 0 Å². The zero-order valence-corrected chi connectivity index (χ0v) is 19.0. The first kappa shape index (κ1) is 23.6. The van der Waals surface area contributed by atoms with E-state index in [1.165, 1.54) is 9.13 Å². The van der Waals surface area contributed by atoms with Gasteiger partial charge in [0.25, 0.3) is 5.56 Å². The predicted molar refractivity (Wildman–Crippen MR) is 114 cm³/mol. The van der Waals surface area contributed by atoms with Gasteiger partial charge in [0.05, 0.1) is 25.7 Å². The van der Waals surface area contributed by atoms with E-state index in [2.05, 4.69) is 18.8 Å². The van der Waals surface area contributed by atoms with Crippen molar-refractivity contribution in [3.63, 3.8) is 0 Å². The fraction of sp³-hybridized carbons (Fsp3) is 0.737. The fourth-order valence-electron chi connectivity index (χ4n) is 3.22. The van der Waals surface area contributed by atoms with Crippen LogP contribution in [0.25, 0.3) is 11.2 Å². The Morgan fingerprint density at radius 3 is 2.34 bits per heavy atom. The van der Waals surface area contributed by atoms with Gasteiger partial charge in [-0.3, -0.25) is 18.5 Å². The Balaban J connectivity index is 2.20. The second-order valence-corrected chi connectivity index (χ2v) is 9.65. The van der Waals surface area contributed by atoms with Gasteiger partial charge in [0.1, 0.15) is 0 Å². The third-order valence-electron chi connectivity index (χ3n) is 4.76. The van der Waals surface area contributed by atoms with Crippen LogP contribution in [0.5, 0.6) is 0 Å². The maximum atomic E-state index is 13.0. The number of aromatic nitrogens is 4. The third kappa shape index (κ3) is 5.68. The highest BCUT2D eigenvalue weighted by molar-refractivity contribution is 7.53. The normalized spacial score (nSPS) is 12.3. The van der Waals surface area contributed by atoms with Crippen LogP contribution in [0.1, 0.15) is 47.0 Å². The van der Waals surface area contributed by atoms with Crippen LogP contribution < -0.4 is 11.2 Å². The summed E-state index contributed by atoms with van der Waals surface area (Å²) in [5, 5.41) is 0. The Morgan fingerprint density at radius 2 is 1.76 bits per heavy atom. The predicted octanol–water partition coefficient (Wildman–Crippen LogP) is 2.99. The number of imidazole rings is 1. The van der Waals surface area contributed by atoms with Crippen molar-refractivity contribution in [3.05, 3.63) is 27.2 Å². The number of nitrogens with zero attached hydrogens (tertiary/aromatic N) is 4. The molecular weight excluding hydrogens is 395 g/mol. The van der Waals surface area contributed by atoms with E-state index in [0.29, 0.717) is 49.7 Å². The van der Waals surface area contributed by atoms with Gasteiger partial charge in [-0.25, -0.2) is 9.78 Å². The van der Waals surface area contributed by atoms with Crippen molar-refractivity contribution in [2.45, 2.75) is 60.0 Å². The first-order chi connectivity index (χ1) is 13.7. The van der Waals surface area contributed by atoms with Gasteiger partial charge >= 0.3 is 13.3 Å². The summed E-state index contributed by atoms with van der Waals surface area (Å²) >= 11 is 0. The summed E-state index contributed by atoms with van der Waals surface area (Å²) in [5.41, 5.74) is 0.121. The van der Waals surface area contributed by atoms with E-state index < -0.39 is 13.3 Å². The lowest BCUT2D eigenvalue weighted by atomic mass is 10.1. The van der Waals surface area contributed by atoms with Gasteiger partial charge in [0.15, 0.2) is 11.2 Å². The molecule has 0 atom stereocenters. The minimum absolute atomic E-state index is 0.245. The number of unbranched alkanes of at least 4 members (excludes halogenated alkanes) is 1. The zero-order chi connectivity index (χ0) is 21.6. The first-order valence-electron chi connectivity index (χ1n) is 10.3. The van der Waals surface area contributed by atoms with Gasteiger partial charge in [-0.15, -0.1) is 0 Å². The quantitative estimate of drug-likeness (QED) is 0.381. The standard InChI is InChI=1S/C19H33N4O5P/c1-6-27-29(26,28-7-2)13-9-8-11-23-18(24)16-17(21(5)19(23)25)20-14-22(16)12-10-15(3)4/h14-15H,6-13H2,1-5H3. The molecule has 164 valence electrons. The van der Waals surface area contributed by atoms with Crippen molar-refractivity contribution in [1.29, 1.82) is 0 Å². The molecule has 29 heavy (non-hydrogen) atoms. The molecule has 0 saturated heterocycles. The van der Waals surface area contributed by atoms with Crippen LogP contribution in [-0.4, -0.2) is 38.1 Å². The molecular formula is C19H33N4O5P. The number of aryl methyl sites for hydroxylation is 2. The molecule has 2 aromatic rings. The van der Waals surface area contributed by atoms with Crippen molar-refractivity contribution >= 4 is 18.8 Å². The molecule has 0 spiro atoms. The number of rotatable bonds is 12. The summed E-state index contributed by atoms with van der Waals surface area (Å²) in [6.45, 7) is 9.33. The van der Waals surface area contributed by atoms with Gasteiger partial charge < -0.3 is 13.6 Å². The SMILES string of the molecule is CCOP(=O)(CCCCn1c(=O)c2c(ncn2CCC(C)C)n(C)c1=O)OCC. The molecule has 0 amide bonds. The van der Waals surface area contributed by atoms with E-state index in [1.54, 1.807) is 27.2 Å². The summed E-state index contributed by atoms with van der Waals surface area (Å²) in [6, 6.07) is 0. The molecule has 0 unspecified atom stereocenters. The molecule has 0 aliphatic carbocycles. The average Bonchev–Trinajstić information content (AvgIpc) is 3.08. The van der Waals surface area contributed by atoms with Crippen LogP contribution >= 0.6 is 7.60 Å². The molecule has 0 aliphatic heterocycles. The van der Waals surface area contributed by atoms with Crippen LogP contribution in [0, 0.1) is 5.92 Å². The second-order valence-electron chi connectivity index (χ2n) is 7.47. The van der Waals surface area contributed by atoms with Gasteiger partial charge in [0.2, 0.25) is 0 Å². The summed E-state index contributed by atoms with van der Waals surface area (Å²) in [4.78, 5) is 29.9. The van der Waals surface area contributed by atoms with Crippen molar-refractivity contribution < 1.29 is 13.6 Å². The summed E-state index contributed by atoms with van der Waals surface area (Å²) in [7, 11) is -1.49. The van der Waals surface area contributed by atoms with Crippen LogP contribution in [-0.2, 0) is 33.7 Å². The van der Waals surface area contributed by atoms with E-state index in [4.69, 9.17) is 9.05 Å². The van der Waals surface area contributed by atoms with E-state index in [0.717, 1.165) is 6.42 Å². The smallest absolute Gasteiger partial charge is 0.325 e. The minimum atomic E-state index is -3.11. The molecule has 0 N–H and O–H groups in total. The van der Waals surface area contributed by atoms with Gasteiger partial charge in [-0.1, -0.05) is 13.8 Å². The monoisotopic (exact) mass is 428 g/mol. The summed E-state index contributed by atoms with van der Waals surface area (Å²) < 4.78 is 27.6. The highest BCUT2D eigenvalue weighted by Gasteiger charge is 2.23. The molecule has 0 bridgehead atoms. The fourth-order valence-corrected chi connectivity index (χ4v) is 4.95. The third-order valence-corrected chi connectivity index (χ3v) is 6.93. The van der Waals surface area contributed by atoms with Gasteiger partial charge in [-0.05, 0) is 39.0 Å². The van der Waals surface area contributed by atoms with E-state index in [-0.39, 0.29) is 18.3 Å². The Labute approximate surface area is 171 Å². The first-order valence-corrected chi connectivity index (χ1v) is 12.0. The Kier molecular flexibility index (Phi) is 8.43. The molecule has 10 heteroatoms. The number of hydrogen-bond acceptors (Lipinski definition) is 6. The van der Waals surface area contributed by atoms with Crippen molar-refractivity contribution in [2.24, 2.45) is 13.0 Å². The van der Waals surface area contributed by atoms with Crippen LogP contribution in [0.4, 0.5) is 0 Å². The lowest BCUT2D eigenvalue weighted by Crippen LogP contribution is -2.39. The van der Waals surface area contributed by atoms with Crippen LogP contribution in [0.15, 0.2) is 15.9 Å². The van der Waals surface area contributed by atoms with E-state index in [1.807, 2.05) is 4.57 Å². The summed E-state index contributed by atoms with van der Waals surface area (Å²) in [5.74, 6) is 0.494. The van der Waals surface area contributed by atoms with Crippen LogP contribution in [0.3, 0.4) is 0 Å². The minimum Gasteiger partial charge on any atom is -0.325 e. The van der Waals surface area contributed by atoms with E-state index in [9.17, 15) is 14.2 Å². The molecule has 0 saturated carbocycles. The van der Waals surface area contributed by atoms with Crippen molar-refractivity contribution in [1.82, 2.24) is 18.7 Å². The average molecular weight is 428 g/mol. The molecule has 2 heterocycles. The van der Waals surface area contributed by atoms with Crippen LogP contribution in [0.2, 0.25) is 0 Å². The Morgan fingerprint density at radius 1 is 1.10 bits per heavy atom. The molecule has 2 rings (SSSR count). The highest BCUT2D eigenvalue weighted by Crippen LogP contribution is 2.48. The topological polar surface area (TPSA) is 97.4 Å². The highest BCUT2D eigenvalue weighted by atomic mass is 31.2. The lowest BCUT2D eigenvalue weighted by Gasteiger charge is -2.16. The molecule has 2 aromatic heterocycles. The zero-order valence-electron chi connectivity index (χ0n) is 18.1. The number of hydrogen-bond donors (Lipinski definition) is 0.